The Morgan fingerprint density at radius 1 is 1.43 bits per heavy atom. The molecule has 0 saturated heterocycles. The third-order valence-electron chi connectivity index (χ3n) is 0.622. The largest absolute Gasteiger partial charge is 0.469 e. The van der Waals surface area contributed by atoms with E-state index in [-0.39, 0.29) is 0 Å². The molecular weight excluding hydrogens is 108 g/mol. The van der Waals surface area contributed by atoms with Crippen molar-refractivity contribution in [1.29, 1.82) is 0 Å². The number of hydrogen-bond acceptors (Lipinski definition) is 2. The molecule has 0 saturated carbocycles. The van der Waals surface area contributed by atoms with Crippen molar-refractivity contribution in [2.75, 3.05) is 0 Å². The summed E-state index contributed by atoms with van der Waals surface area (Å²) >= 11 is 0. The molecule has 0 aromatic heterocycles. The third kappa shape index (κ3) is 1.08. The lowest BCUT2D eigenvalue weighted by atomic mass is 10.9. The van der Waals surface area contributed by atoms with E-state index < -0.39 is 0 Å². The van der Waals surface area contributed by atoms with Gasteiger partial charge in [-0.2, -0.15) is 0 Å². The van der Waals surface area contributed by atoms with Gasteiger partial charge in [-0.25, -0.2) is 0 Å². The summed E-state index contributed by atoms with van der Waals surface area (Å²) in [6, 6.07) is 0. The second kappa shape index (κ2) is 1.84. The molecule has 0 bridgehead atoms. The molecule has 0 aromatic carbocycles. The van der Waals surface area contributed by atoms with Crippen LogP contribution in [-0.2, 0) is 9.47 Å². The van der Waals surface area contributed by atoms with Crippen LogP contribution in [0.3, 0.4) is 0 Å². The maximum absolute atomic E-state index is 4.90. The van der Waals surface area contributed by atoms with E-state index in [4.69, 9.17) is 9.47 Å². The van der Waals surface area contributed by atoms with Crippen molar-refractivity contribution in [3.05, 3.63) is 24.2 Å². The SMILES string of the molecule is [SiH3]C1=COC=CO1. The minimum atomic E-state index is 0.913. The molecule has 0 unspecified atom stereocenters. The van der Waals surface area contributed by atoms with E-state index >= 15 is 0 Å². The van der Waals surface area contributed by atoms with Gasteiger partial charge in [0.15, 0.2) is 0 Å². The van der Waals surface area contributed by atoms with Crippen LogP contribution < -0.4 is 0 Å². The molecule has 0 atom stereocenters. The van der Waals surface area contributed by atoms with Crippen molar-refractivity contribution in [1.82, 2.24) is 0 Å². The van der Waals surface area contributed by atoms with Crippen LogP contribution in [0.2, 0.25) is 0 Å². The predicted octanol–water partition coefficient (Wildman–Crippen LogP) is -0.331. The van der Waals surface area contributed by atoms with E-state index in [1.54, 1.807) is 6.26 Å². The fourth-order valence-electron chi connectivity index (χ4n) is 0.330. The van der Waals surface area contributed by atoms with Gasteiger partial charge in [-0.1, -0.05) is 0 Å². The van der Waals surface area contributed by atoms with E-state index in [1.165, 1.54) is 12.5 Å². The van der Waals surface area contributed by atoms with Crippen LogP contribution in [0.1, 0.15) is 0 Å². The fraction of sp³-hybridized carbons (Fsp3) is 0. The molecule has 2 nitrogen and oxygen atoms in total. The zero-order valence-electron chi connectivity index (χ0n) is 4.05. The van der Waals surface area contributed by atoms with Crippen LogP contribution in [0.15, 0.2) is 24.2 Å². The topological polar surface area (TPSA) is 18.5 Å². The van der Waals surface area contributed by atoms with Crippen LogP contribution in [0.5, 0.6) is 0 Å². The Morgan fingerprint density at radius 3 is 2.57 bits per heavy atom. The van der Waals surface area contributed by atoms with Crippen LogP contribution in [0.4, 0.5) is 0 Å². The van der Waals surface area contributed by atoms with Crippen molar-refractivity contribution in [2.24, 2.45) is 0 Å². The summed E-state index contributed by atoms with van der Waals surface area (Å²) in [5.41, 5.74) is 0. The standard InChI is InChI=1S/C4H6O2Si/c7-4-3-5-1-2-6-4/h1-3H,7H3. The van der Waals surface area contributed by atoms with Gasteiger partial charge in [0.1, 0.15) is 24.2 Å². The maximum Gasteiger partial charge on any atom is 0.125 e. The summed E-state index contributed by atoms with van der Waals surface area (Å²) in [6.07, 6.45) is 4.63. The molecule has 0 aliphatic carbocycles. The van der Waals surface area contributed by atoms with Gasteiger partial charge in [-0.05, 0) is 0 Å². The first-order valence-electron chi connectivity index (χ1n) is 2.03. The van der Waals surface area contributed by atoms with Crippen LogP contribution in [0, 0.1) is 0 Å². The molecule has 1 aliphatic rings. The lowest BCUT2D eigenvalue weighted by Crippen LogP contribution is -1.88. The van der Waals surface area contributed by atoms with E-state index in [9.17, 15) is 0 Å². The monoisotopic (exact) mass is 114 g/mol. The Labute approximate surface area is 44.8 Å². The second-order valence-corrected chi connectivity index (χ2v) is 2.24. The fourth-order valence-corrected chi connectivity index (χ4v) is 0.602. The summed E-state index contributed by atoms with van der Waals surface area (Å²) in [4.78, 5) is 0. The van der Waals surface area contributed by atoms with Gasteiger partial charge in [-0.3, -0.25) is 0 Å². The molecule has 0 amide bonds. The Morgan fingerprint density at radius 2 is 2.29 bits per heavy atom. The van der Waals surface area contributed by atoms with Crippen molar-refractivity contribution < 1.29 is 9.47 Å². The highest BCUT2D eigenvalue weighted by atomic mass is 28.1. The molecule has 0 fully saturated rings. The summed E-state index contributed by atoms with van der Waals surface area (Å²) in [7, 11) is 0.913. The molecule has 0 radical (unpaired) electrons. The first-order valence-corrected chi connectivity index (χ1v) is 3.03. The molecule has 3 heteroatoms. The second-order valence-electron chi connectivity index (χ2n) is 1.25. The van der Waals surface area contributed by atoms with E-state index in [0.717, 1.165) is 15.6 Å². The highest BCUT2D eigenvalue weighted by Crippen LogP contribution is 1.98. The molecule has 0 spiro atoms. The van der Waals surface area contributed by atoms with Crippen LogP contribution >= 0.6 is 0 Å². The number of hydrogen-bond donors (Lipinski definition) is 0. The molecule has 7 heavy (non-hydrogen) atoms. The molecular formula is C4H6O2Si. The van der Waals surface area contributed by atoms with Gasteiger partial charge >= 0.3 is 0 Å². The molecule has 0 N–H and O–H groups in total. The summed E-state index contributed by atoms with van der Waals surface area (Å²) < 4.78 is 9.64. The van der Waals surface area contributed by atoms with Crippen LogP contribution in [0.25, 0.3) is 0 Å². The normalized spacial score (nSPS) is 17.4. The lowest BCUT2D eigenvalue weighted by Gasteiger charge is -2.02. The average molecular weight is 114 g/mol. The quantitative estimate of drug-likeness (QED) is 0.401. The van der Waals surface area contributed by atoms with Gasteiger partial charge in [0, 0.05) is 0 Å². The Bertz CT molecular complexity index is 117. The molecule has 0 aromatic rings. The number of rotatable bonds is 0. The highest BCUT2D eigenvalue weighted by molar-refractivity contribution is 6.20. The van der Waals surface area contributed by atoms with Gasteiger partial charge in [0.05, 0.1) is 10.2 Å². The average Bonchev–Trinajstić information content (AvgIpc) is 1.69. The minimum Gasteiger partial charge on any atom is -0.469 e. The summed E-state index contributed by atoms with van der Waals surface area (Å²) in [5, 5.41) is 0.919. The molecule has 38 valence electrons. The summed E-state index contributed by atoms with van der Waals surface area (Å²) in [6.45, 7) is 0. The smallest absolute Gasteiger partial charge is 0.125 e. The summed E-state index contributed by atoms with van der Waals surface area (Å²) in [5.74, 6) is 0. The van der Waals surface area contributed by atoms with Gasteiger partial charge in [0.25, 0.3) is 0 Å². The Hall–Kier alpha value is -0.703. The van der Waals surface area contributed by atoms with E-state index in [2.05, 4.69) is 0 Å². The Balaban J connectivity index is 2.50. The first kappa shape index (κ1) is 4.46. The first-order chi connectivity index (χ1) is 3.39. The van der Waals surface area contributed by atoms with Crippen LogP contribution in [-0.4, -0.2) is 10.2 Å². The zero-order valence-corrected chi connectivity index (χ0v) is 6.05. The van der Waals surface area contributed by atoms with E-state index in [0.29, 0.717) is 0 Å². The zero-order chi connectivity index (χ0) is 5.11. The molecule has 1 rings (SSSR count). The van der Waals surface area contributed by atoms with Gasteiger partial charge < -0.3 is 9.47 Å². The molecule has 1 heterocycles. The third-order valence-corrected chi connectivity index (χ3v) is 1.09. The minimum absolute atomic E-state index is 0.913. The van der Waals surface area contributed by atoms with Gasteiger partial charge in [-0.15, -0.1) is 0 Å². The maximum atomic E-state index is 4.90. The van der Waals surface area contributed by atoms with Crippen molar-refractivity contribution in [3.8, 4) is 0 Å². The van der Waals surface area contributed by atoms with Crippen molar-refractivity contribution in [2.45, 2.75) is 0 Å². The van der Waals surface area contributed by atoms with E-state index in [1.807, 2.05) is 0 Å². The predicted molar refractivity (Wildman–Crippen MR) is 29.3 cm³/mol. The van der Waals surface area contributed by atoms with Crippen molar-refractivity contribution >= 4 is 10.2 Å². The Kier molecular flexibility index (Phi) is 1.17. The van der Waals surface area contributed by atoms with Gasteiger partial charge in [0.2, 0.25) is 0 Å². The highest BCUT2D eigenvalue weighted by Gasteiger charge is 1.88. The number of ether oxygens (including phenoxy) is 2. The van der Waals surface area contributed by atoms with Crippen molar-refractivity contribution in [3.63, 3.8) is 0 Å². The lowest BCUT2D eigenvalue weighted by molar-refractivity contribution is 0.279. The molecule has 1 aliphatic heterocycles.